The van der Waals surface area contributed by atoms with Crippen molar-refractivity contribution < 1.29 is 22.4 Å². The Morgan fingerprint density at radius 3 is 2.33 bits per heavy atom. The molecule has 0 aliphatic heterocycles. The average molecular weight is 343 g/mol. The van der Waals surface area contributed by atoms with E-state index in [1.807, 2.05) is 0 Å². The molecule has 1 aromatic heterocycles. The summed E-state index contributed by atoms with van der Waals surface area (Å²) in [7, 11) is 0. The predicted molar refractivity (Wildman–Crippen MR) is 80.1 cm³/mol. The number of nitrogens with zero attached hydrogens (tertiary/aromatic N) is 2. The third-order valence-corrected chi connectivity index (χ3v) is 3.37. The number of halogens is 4. The standard InChI is InChI=1S/C16H17F4N3O/c1-9(2)21-15(24)13-10(3)23(22-14(13)16(18,19)20)8-11-4-6-12(17)7-5-11/h4-7,9H,8H2,1-3H3,(H,21,24). The van der Waals surface area contributed by atoms with Crippen molar-refractivity contribution in [1.82, 2.24) is 15.1 Å². The van der Waals surface area contributed by atoms with Crippen molar-refractivity contribution in [3.63, 3.8) is 0 Å². The lowest BCUT2D eigenvalue weighted by Gasteiger charge is -2.10. The van der Waals surface area contributed by atoms with Crippen LogP contribution in [0.1, 0.15) is 41.2 Å². The van der Waals surface area contributed by atoms with Gasteiger partial charge in [0.2, 0.25) is 0 Å². The minimum atomic E-state index is -4.75. The van der Waals surface area contributed by atoms with E-state index >= 15 is 0 Å². The molecule has 24 heavy (non-hydrogen) atoms. The predicted octanol–water partition coefficient (Wildman–Crippen LogP) is 3.54. The van der Waals surface area contributed by atoms with Crippen LogP contribution in [0.15, 0.2) is 24.3 Å². The topological polar surface area (TPSA) is 46.9 Å². The largest absolute Gasteiger partial charge is 0.435 e. The molecule has 0 radical (unpaired) electrons. The minimum Gasteiger partial charge on any atom is -0.350 e. The number of carbonyl (C=O) groups is 1. The highest BCUT2D eigenvalue weighted by molar-refractivity contribution is 5.96. The van der Waals surface area contributed by atoms with Gasteiger partial charge in [-0.25, -0.2) is 4.39 Å². The molecule has 0 saturated carbocycles. The third kappa shape index (κ3) is 3.93. The zero-order chi connectivity index (χ0) is 18.1. The highest BCUT2D eigenvalue weighted by Crippen LogP contribution is 2.32. The first-order valence-corrected chi connectivity index (χ1v) is 7.29. The first kappa shape index (κ1) is 18.0. The van der Waals surface area contributed by atoms with Gasteiger partial charge in [0.05, 0.1) is 12.1 Å². The zero-order valence-electron chi connectivity index (χ0n) is 13.4. The van der Waals surface area contributed by atoms with Crippen molar-refractivity contribution in [3.8, 4) is 0 Å². The van der Waals surface area contributed by atoms with Crippen molar-refractivity contribution in [1.29, 1.82) is 0 Å². The van der Waals surface area contributed by atoms with Crippen molar-refractivity contribution in [2.45, 2.75) is 39.5 Å². The molecule has 0 spiro atoms. The molecule has 1 amide bonds. The van der Waals surface area contributed by atoms with Gasteiger partial charge in [0.25, 0.3) is 5.91 Å². The lowest BCUT2D eigenvalue weighted by atomic mass is 10.1. The van der Waals surface area contributed by atoms with Gasteiger partial charge in [-0.2, -0.15) is 18.3 Å². The monoisotopic (exact) mass is 343 g/mol. The molecule has 0 aliphatic rings. The van der Waals surface area contributed by atoms with Crippen LogP contribution >= 0.6 is 0 Å². The van der Waals surface area contributed by atoms with E-state index in [-0.39, 0.29) is 18.3 Å². The first-order valence-electron chi connectivity index (χ1n) is 7.29. The van der Waals surface area contributed by atoms with E-state index in [1.165, 1.54) is 31.2 Å². The van der Waals surface area contributed by atoms with E-state index in [9.17, 15) is 22.4 Å². The number of hydrogen-bond donors (Lipinski definition) is 1. The van der Waals surface area contributed by atoms with E-state index in [0.717, 1.165) is 4.68 Å². The summed E-state index contributed by atoms with van der Waals surface area (Å²) in [4.78, 5) is 12.1. The Kier molecular flexibility index (Phi) is 4.96. The van der Waals surface area contributed by atoms with Crippen LogP contribution in [-0.2, 0) is 12.7 Å². The van der Waals surface area contributed by atoms with Crippen molar-refractivity contribution in [2.24, 2.45) is 0 Å². The van der Waals surface area contributed by atoms with Crippen molar-refractivity contribution in [2.75, 3.05) is 0 Å². The molecule has 2 rings (SSSR count). The highest BCUT2D eigenvalue weighted by Gasteiger charge is 2.40. The van der Waals surface area contributed by atoms with Gasteiger partial charge in [0.15, 0.2) is 5.69 Å². The molecule has 0 aliphatic carbocycles. The van der Waals surface area contributed by atoms with Crippen LogP contribution in [0.5, 0.6) is 0 Å². The Morgan fingerprint density at radius 1 is 1.25 bits per heavy atom. The number of hydrogen-bond acceptors (Lipinski definition) is 2. The molecular weight excluding hydrogens is 326 g/mol. The van der Waals surface area contributed by atoms with Gasteiger partial charge in [-0.3, -0.25) is 9.48 Å². The third-order valence-electron chi connectivity index (χ3n) is 3.37. The van der Waals surface area contributed by atoms with E-state index in [1.54, 1.807) is 13.8 Å². The Bertz CT molecular complexity index is 733. The summed E-state index contributed by atoms with van der Waals surface area (Å²) in [6, 6.07) is 5.03. The minimum absolute atomic E-state index is 0.00412. The summed E-state index contributed by atoms with van der Waals surface area (Å²) >= 11 is 0. The fraction of sp³-hybridized carbons (Fsp3) is 0.375. The fourth-order valence-corrected chi connectivity index (χ4v) is 2.27. The number of benzene rings is 1. The smallest absolute Gasteiger partial charge is 0.350 e. The number of aromatic nitrogens is 2. The maximum absolute atomic E-state index is 13.2. The van der Waals surface area contributed by atoms with E-state index < -0.39 is 29.2 Å². The van der Waals surface area contributed by atoms with Crippen LogP contribution in [0.2, 0.25) is 0 Å². The molecule has 0 atom stereocenters. The van der Waals surface area contributed by atoms with Crippen LogP contribution in [0.25, 0.3) is 0 Å². The summed E-state index contributed by atoms with van der Waals surface area (Å²) in [5.74, 6) is -1.26. The van der Waals surface area contributed by atoms with Gasteiger partial charge >= 0.3 is 6.18 Å². The molecule has 8 heteroatoms. The Labute approximate surface area is 136 Å². The second kappa shape index (κ2) is 6.62. The van der Waals surface area contributed by atoms with Gasteiger partial charge in [-0.15, -0.1) is 0 Å². The van der Waals surface area contributed by atoms with Crippen LogP contribution in [0.3, 0.4) is 0 Å². The van der Waals surface area contributed by atoms with E-state index in [2.05, 4.69) is 10.4 Å². The second-order valence-corrected chi connectivity index (χ2v) is 5.72. The molecular formula is C16H17F4N3O. The maximum atomic E-state index is 13.2. The number of alkyl halides is 3. The van der Waals surface area contributed by atoms with Crippen LogP contribution < -0.4 is 5.32 Å². The summed E-state index contributed by atoms with van der Waals surface area (Å²) in [6.07, 6.45) is -4.75. The fourth-order valence-electron chi connectivity index (χ4n) is 2.27. The summed E-state index contributed by atoms with van der Waals surface area (Å²) < 4.78 is 53.7. The summed E-state index contributed by atoms with van der Waals surface area (Å²) in [5, 5.41) is 6.02. The highest BCUT2D eigenvalue weighted by atomic mass is 19.4. The Balaban J connectivity index is 2.44. The van der Waals surface area contributed by atoms with Crippen LogP contribution in [-0.4, -0.2) is 21.7 Å². The molecule has 1 N–H and O–H groups in total. The second-order valence-electron chi connectivity index (χ2n) is 5.72. The van der Waals surface area contributed by atoms with Gasteiger partial charge in [0.1, 0.15) is 5.82 Å². The molecule has 130 valence electrons. The molecule has 0 unspecified atom stereocenters. The molecule has 0 fully saturated rings. The number of nitrogens with one attached hydrogen (secondary N) is 1. The molecule has 4 nitrogen and oxygen atoms in total. The summed E-state index contributed by atoms with van der Waals surface area (Å²) in [6.45, 7) is 4.72. The van der Waals surface area contributed by atoms with Gasteiger partial charge < -0.3 is 5.32 Å². The van der Waals surface area contributed by atoms with Crippen LogP contribution in [0, 0.1) is 12.7 Å². The SMILES string of the molecule is Cc1c(C(=O)NC(C)C)c(C(F)(F)F)nn1Cc1ccc(F)cc1. The molecule has 0 bridgehead atoms. The Morgan fingerprint density at radius 2 is 1.83 bits per heavy atom. The van der Waals surface area contributed by atoms with Crippen molar-refractivity contribution in [3.05, 3.63) is 52.6 Å². The van der Waals surface area contributed by atoms with Crippen LogP contribution in [0.4, 0.5) is 17.6 Å². The van der Waals surface area contributed by atoms with Gasteiger partial charge in [-0.05, 0) is 38.5 Å². The number of carbonyl (C=O) groups excluding carboxylic acids is 1. The maximum Gasteiger partial charge on any atom is 0.435 e. The molecule has 0 saturated heterocycles. The number of amides is 1. The molecule has 2 aromatic rings. The van der Waals surface area contributed by atoms with Crippen molar-refractivity contribution >= 4 is 5.91 Å². The normalized spacial score (nSPS) is 11.8. The zero-order valence-corrected chi connectivity index (χ0v) is 13.4. The Hall–Kier alpha value is -2.38. The molecule has 1 heterocycles. The first-order chi connectivity index (χ1) is 11.1. The summed E-state index contributed by atoms with van der Waals surface area (Å²) in [5.41, 5.74) is -1.03. The average Bonchev–Trinajstić information content (AvgIpc) is 2.78. The van der Waals surface area contributed by atoms with Gasteiger partial charge in [0, 0.05) is 11.7 Å². The number of rotatable bonds is 4. The van der Waals surface area contributed by atoms with Gasteiger partial charge in [-0.1, -0.05) is 12.1 Å². The van der Waals surface area contributed by atoms with E-state index in [0.29, 0.717) is 5.56 Å². The quantitative estimate of drug-likeness (QED) is 0.863. The molecule has 1 aromatic carbocycles. The van der Waals surface area contributed by atoms with E-state index in [4.69, 9.17) is 0 Å². The lowest BCUT2D eigenvalue weighted by Crippen LogP contribution is -2.32. The lowest BCUT2D eigenvalue weighted by molar-refractivity contribution is -0.141.